The first kappa shape index (κ1) is 24.2. The van der Waals surface area contributed by atoms with Crippen molar-refractivity contribution < 1.29 is 4.52 Å². The van der Waals surface area contributed by atoms with Gasteiger partial charge in [0.2, 0.25) is 0 Å². The van der Waals surface area contributed by atoms with E-state index in [0.717, 1.165) is 16.9 Å². The fourth-order valence-corrected chi connectivity index (χ4v) is 4.60. The molecule has 0 saturated heterocycles. The fourth-order valence-electron chi connectivity index (χ4n) is 4.40. The first-order chi connectivity index (χ1) is 16.1. The number of rotatable bonds is 4. The molecule has 0 saturated carbocycles. The van der Waals surface area contributed by atoms with Gasteiger partial charge in [0.1, 0.15) is 5.75 Å². The van der Waals surface area contributed by atoms with Gasteiger partial charge in [0.15, 0.2) is 0 Å². The maximum Gasteiger partial charge on any atom is 0.130 e. The lowest BCUT2D eigenvalue weighted by Gasteiger charge is -2.22. The third-order valence-electron chi connectivity index (χ3n) is 6.46. The minimum atomic E-state index is 0.109. The number of benzene rings is 4. The van der Waals surface area contributed by atoms with Gasteiger partial charge in [0.25, 0.3) is 0 Å². The standard InChI is InChI=1S/C32H35OP/c1-31(2,3)25-16-12-22(13-17-25)27-20-21-28(33-34)30(29(27)23-10-8-7-9-11-23)24-14-18-26(19-15-24)32(4,5)6/h7-21H,34H2,1-6H3. The molecule has 0 aromatic heterocycles. The molecular formula is C32H35OP. The highest BCUT2D eigenvalue weighted by molar-refractivity contribution is 7.10. The summed E-state index contributed by atoms with van der Waals surface area (Å²) in [5.41, 5.74) is 9.91. The molecule has 0 heterocycles. The maximum absolute atomic E-state index is 5.83. The van der Waals surface area contributed by atoms with Crippen LogP contribution in [0.4, 0.5) is 0 Å². The van der Waals surface area contributed by atoms with E-state index in [1.165, 1.54) is 33.4 Å². The smallest absolute Gasteiger partial charge is 0.130 e. The molecule has 4 aromatic rings. The monoisotopic (exact) mass is 466 g/mol. The van der Waals surface area contributed by atoms with Crippen molar-refractivity contribution in [2.24, 2.45) is 0 Å². The van der Waals surface area contributed by atoms with Gasteiger partial charge in [0, 0.05) is 11.1 Å². The Morgan fingerprint density at radius 1 is 0.500 bits per heavy atom. The van der Waals surface area contributed by atoms with Crippen molar-refractivity contribution in [2.45, 2.75) is 52.4 Å². The van der Waals surface area contributed by atoms with E-state index in [9.17, 15) is 0 Å². The molecule has 4 rings (SSSR count). The molecule has 1 atom stereocenters. The number of hydrogen-bond acceptors (Lipinski definition) is 1. The average Bonchev–Trinajstić information content (AvgIpc) is 2.83. The zero-order chi connectivity index (χ0) is 24.5. The second-order valence-electron chi connectivity index (χ2n) is 11.0. The Hall–Kier alpha value is -2.89. The zero-order valence-corrected chi connectivity index (χ0v) is 22.3. The predicted molar refractivity (Wildman–Crippen MR) is 150 cm³/mol. The van der Waals surface area contributed by atoms with Crippen molar-refractivity contribution in [2.75, 3.05) is 0 Å². The van der Waals surface area contributed by atoms with Gasteiger partial charge in [-0.3, -0.25) is 0 Å². The van der Waals surface area contributed by atoms with Crippen LogP contribution in [-0.2, 0) is 10.8 Å². The van der Waals surface area contributed by atoms with Gasteiger partial charge in [-0.2, -0.15) is 0 Å². The molecule has 174 valence electrons. The van der Waals surface area contributed by atoms with Crippen LogP contribution in [0.25, 0.3) is 33.4 Å². The summed E-state index contributed by atoms with van der Waals surface area (Å²) in [5.74, 6) is 0.849. The van der Waals surface area contributed by atoms with Gasteiger partial charge in [-0.15, -0.1) is 0 Å². The lowest BCUT2D eigenvalue weighted by molar-refractivity contribution is 0.590. The molecule has 2 heteroatoms. The van der Waals surface area contributed by atoms with Gasteiger partial charge in [0.05, 0.1) is 9.47 Å². The Balaban J connectivity index is 1.97. The van der Waals surface area contributed by atoms with Crippen molar-refractivity contribution >= 4 is 9.47 Å². The van der Waals surface area contributed by atoms with Gasteiger partial charge >= 0.3 is 0 Å². The molecule has 1 nitrogen and oxygen atoms in total. The van der Waals surface area contributed by atoms with Gasteiger partial charge in [-0.25, -0.2) is 0 Å². The molecule has 0 spiro atoms. The molecule has 1 unspecified atom stereocenters. The summed E-state index contributed by atoms with van der Waals surface area (Å²) < 4.78 is 5.83. The summed E-state index contributed by atoms with van der Waals surface area (Å²) in [6.45, 7) is 13.5. The first-order valence-electron chi connectivity index (χ1n) is 11.9. The van der Waals surface area contributed by atoms with Crippen LogP contribution in [0, 0.1) is 0 Å². The van der Waals surface area contributed by atoms with E-state index >= 15 is 0 Å². The molecule has 0 radical (unpaired) electrons. The second-order valence-corrected chi connectivity index (χ2v) is 11.2. The predicted octanol–water partition coefficient (Wildman–Crippen LogP) is 9.45. The first-order valence-corrected chi connectivity index (χ1v) is 12.4. The summed E-state index contributed by atoms with van der Waals surface area (Å²) in [6, 6.07) is 32.8. The van der Waals surface area contributed by atoms with Crippen molar-refractivity contribution in [3.05, 3.63) is 102 Å². The molecule has 34 heavy (non-hydrogen) atoms. The Bertz CT molecular complexity index is 1260. The van der Waals surface area contributed by atoms with E-state index in [0.29, 0.717) is 0 Å². The topological polar surface area (TPSA) is 9.23 Å². The normalized spacial score (nSPS) is 12.0. The van der Waals surface area contributed by atoms with Gasteiger partial charge in [-0.05, 0) is 50.3 Å². The summed E-state index contributed by atoms with van der Waals surface area (Å²) in [5, 5.41) is 0. The Labute approximate surface area is 207 Å². The molecule has 0 aliphatic heterocycles. The van der Waals surface area contributed by atoms with Crippen LogP contribution < -0.4 is 4.52 Å². The highest BCUT2D eigenvalue weighted by atomic mass is 31.0. The van der Waals surface area contributed by atoms with Crippen molar-refractivity contribution in [1.82, 2.24) is 0 Å². The van der Waals surface area contributed by atoms with Gasteiger partial charge in [-0.1, -0.05) is 126 Å². The quantitative estimate of drug-likeness (QED) is 0.272. The highest BCUT2D eigenvalue weighted by Gasteiger charge is 2.21. The van der Waals surface area contributed by atoms with Crippen LogP contribution >= 0.6 is 9.47 Å². The van der Waals surface area contributed by atoms with Crippen molar-refractivity contribution in [3.63, 3.8) is 0 Å². The molecule has 0 fully saturated rings. The molecule has 0 aliphatic rings. The molecular weight excluding hydrogens is 431 g/mol. The number of hydrogen-bond donors (Lipinski definition) is 0. The summed E-state index contributed by atoms with van der Waals surface area (Å²) in [4.78, 5) is 0. The Morgan fingerprint density at radius 2 is 0.971 bits per heavy atom. The second kappa shape index (κ2) is 9.40. The van der Waals surface area contributed by atoms with E-state index in [1.54, 1.807) is 0 Å². The van der Waals surface area contributed by atoms with Gasteiger partial charge < -0.3 is 4.52 Å². The van der Waals surface area contributed by atoms with Crippen LogP contribution in [0.5, 0.6) is 5.75 Å². The largest absolute Gasteiger partial charge is 0.480 e. The van der Waals surface area contributed by atoms with Crippen LogP contribution in [0.3, 0.4) is 0 Å². The SMILES string of the molecule is CC(C)(C)c1ccc(-c2ccc(OP)c(-c3ccc(C(C)(C)C)cc3)c2-c2ccccc2)cc1. The third kappa shape index (κ3) is 4.96. The third-order valence-corrected chi connectivity index (χ3v) is 6.71. The maximum atomic E-state index is 5.83. The van der Waals surface area contributed by atoms with E-state index in [2.05, 4.69) is 142 Å². The van der Waals surface area contributed by atoms with Crippen LogP contribution in [-0.4, -0.2) is 0 Å². The van der Waals surface area contributed by atoms with E-state index < -0.39 is 0 Å². The van der Waals surface area contributed by atoms with Crippen LogP contribution in [0.1, 0.15) is 52.7 Å². The Morgan fingerprint density at radius 3 is 1.44 bits per heavy atom. The summed E-state index contributed by atoms with van der Waals surface area (Å²) in [7, 11) is 2.43. The van der Waals surface area contributed by atoms with E-state index in [4.69, 9.17) is 4.52 Å². The zero-order valence-electron chi connectivity index (χ0n) is 21.1. The van der Waals surface area contributed by atoms with E-state index in [-0.39, 0.29) is 10.8 Å². The fraction of sp³-hybridized carbons (Fsp3) is 0.250. The summed E-state index contributed by atoms with van der Waals surface area (Å²) >= 11 is 0. The lowest BCUT2D eigenvalue weighted by atomic mass is 9.83. The molecule has 0 N–H and O–H groups in total. The molecule has 4 aromatic carbocycles. The lowest BCUT2D eigenvalue weighted by Crippen LogP contribution is -2.10. The van der Waals surface area contributed by atoms with Crippen molar-refractivity contribution in [3.8, 4) is 39.1 Å². The highest BCUT2D eigenvalue weighted by Crippen LogP contribution is 2.46. The minimum Gasteiger partial charge on any atom is -0.480 e. The molecule has 0 bridgehead atoms. The van der Waals surface area contributed by atoms with Crippen molar-refractivity contribution in [1.29, 1.82) is 0 Å². The molecule has 0 amide bonds. The minimum absolute atomic E-state index is 0.109. The summed E-state index contributed by atoms with van der Waals surface area (Å²) in [6.07, 6.45) is 0. The average molecular weight is 467 g/mol. The Kier molecular flexibility index (Phi) is 6.70. The molecule has 0 aliphatic carbocycles. The van der Waals surface area contributed by atoms with Crippen LogP contribution in [0.2, 0.25) is 0 Å². The van der Waals surface area contributed by atoms with E-state index in [1.807, 2.05) is 0 Å². The van der Waals surface area contributed by atoms with Crippen LogP contribution in [0.15, 0.2) is 91.0 Å².